The summed E-state index contributed by atoms with van der Waals surface area (Å²) < 4.78 is 0. The van der Waals surface area contributed by atoms with Crippen molar-refractivity contribution in [2.24, 2.45) is 28.6 Å². The Bertz CT molecular complexity index is 366. The summed E-state index contributed by atoms with van der Waals surface area (Å²) in [6, 6.07) is 0. The highest BCUT2D eigenvalue weighted by Crippen LogP contribution is 2.70. The molecule has 1 spiro atoms. The van der Waals surface area contributed by atoms with E-state index in [9.17, 15) is 4.79 Å². The molecule has 0 radical (unpaired) electrons. The molecule has 2 saturated carbocycles. The van der Waals surface area contributed by atoms with Gasteiger partial charge in [-0.3, -0.25) is 4.79 Å². The SMILES string of the molecule is CC1CCC2C(C)(C)C3CC12CC=C3C=O. The van der Waals surface area contributed by atoms with Crippen molar-refractivity contribution in [2.75, 3.05) is 0 Å². The lowest BCUT2D eigenvalue weighted by Crippen LogP contribution is -2.30. The van der Waals surface area contributed by atoms with Crippen LogP contribution in [0, 0.1) is 28.6 Å². The molecule has 1 heteroatoms. The first-order chi connectivity index (χ1) is 7.52. The Morgan fingerprint density at radius 2 is 2.12 bits per heavy atom. The van der Waals surface area contributed by atoms with Gasteiger partial charge < -0.3 is 0 Å². The van der Waals surface area contributed by atoms with Crippen molar-refractivity contribution in [1.29, 1.82) is 0 Å². The number of carbonyl (C=O) groups is 1. The van der Waals surface area contributed by atoms with Gasteiger partial charge in [0.15, 0.2) is 0 Å². The largest absolute Gasteiger partial charge is 0.298 e. The molecule has 0 aromatic carbocycles. The van der Waals surface area contributed by atoms with Crippen LogP contribution in [0.1, 0.15) is 46.5 Å². The van der Waals surface area contributed by atoms with Gasteiger partial charge in [-0.2, -0.15) is 0 Å². The minimum absolute atomic E-state index is 0.341. The quantitative estimate of drug-likeness (QED) is 0.615. The lowest BCUT2D eigenvalue weighted by Gasteiger charge is -2.36. The third-order valence-corrected chi connectivity index (χ3v) is 6.20. The molecule has 88 valence electrons. The fraction of sp³-hybridized carbons (Fsp3) is 0.800. The van der Waals surface area contributed by atoms with Crippen LogP contribution in [0.3, 0.4) is 0 Å². The topological polar surface area (TPSA) is 17.1 Å². The van der Waals surface area contributed by atoms with Gasteiger partial charge in [0.05, 0.1) is 0 Å². The molecule has 4 unspecified atom stereocenters. The van der Waals surface area contributed by atoms with Crippen molar-refractivity contribution in [1.82, 2.24) is 0 Å². The molecule has 16 heavy (non-hydrogen) atoms. The van der Waals surface area contributed by atoms with Crippen LogP contribution >= 0.6 is 0 Å². The average molecular weight is 218 g/mol. The Labute approximate surface area is 98.3 Å². The van der Waals surface area contributed by atoms with Crippen LogP contribution < -0.4 is 0 Å². The lowest BCUT2D eigenvalue weighted by atomic mass is 9.68. The smallest absolute Gasteiger partial charge is 0.146 e. The standard InChI is InChI=1S/C15H22O/c1-10-4-5-13-14(2,3)12-8-15(10,13)7-6-11(12)9-16/h6,9-10,12-13H,4-5,7-8H2,1-3H3. The first kappa shape index (κ1) is 10.6. The number of fused-ring (bicyclic) bond motifs is 1. The zero-order valence-electron chi connectivity index (χ0n) is 10.6. The number of hydrogen-bond donors (Lipinski definition) is 0. The van der Waals surface area contributed by atoms with Crippen LogP contribution in [0.25, 0.3) is 0 Å². The van der Waals surface area contributed by atoms with Gasteiger partial charge in [-0.15, -0.1) is 0 Å². The molecule has 0 saturated heterocycles. The van der Waals surface area contributed by atoms with E-state index in [0.717, 1.165) is 30.1 Å². The van der Waals surface area contributed by atoms with Crippen LogP contribution in [0.15, 0.2) is 11.6 Å². The summed E-state index contributed by atoms with van der Waals surface area (Å²) in [5, 5.41) is 0. The summed E-state index contributed by atoms with van der Waals surface area (Å²) in [6.45, 7) is 7.22. The van der Waals surface area contributed by atoms with E-state index in [1.807, 2.05) is 0 Å². The fourth-order valence-corrected chi connectivity index (χ4v) is 5.23. The second-order valence-corrected chi connectivity index (χ2v) is 6.87. The second kappa shape index (κ2) is 3.00. The van der Waals surface area contributed by atoms with Gasteiger partial charge in [0.1, 0.15) is 6.29 Å². The zero-order valence-corrected chi connectivity index (χ0v) is 10.6. The van der Waals surface area contributed by atoms with Crippen molar-refractivity contribution in [3.63, 3.8) is 0 Å². The Balaban J connectivity index is 2.10. The molecule has 0 heterocycles. The molecule has 1 nitrogen and oxygen atoms in total. The molecular weight excluding hydrogens is 196 g/mol. The van der Waals surface area contributed by atoms with Gasteiger partial charge in [0, 0.05) is 0 Å². The molecule has 0 amide bonds. The molecule has 4 atom stereocenters. The highest BCUT2D eigenvalue weighted by Gasteiger charge is 2.63. The Hall–Kier alpha value is -0.590. The summed E-state index contributed by atoms with van der Waals surface area (Å²) >= 11 is 0. The van der Waals surface area contributed by atoms with Gasteiger partial charge in [-0.05, 0) is 59.8 Å². The molecule has 0 aliphatic heterocycles. The van der Waals surface area contributed by atoms with E-state index in [1.54, 1.807) is 0 Å². The van der Waals surface area contributed by atoms with Gasteiger partial charge in [-0.1, -0.05) is 26.8 Å². The predicted molar refractivity (Wildman–Crippen MR) is 65.0 cm³/mol. The molecule has 2 bridgehead atoms. The monoisotopic (exact) mass is 218 g/mol. The Morgan fingerprint density at radius 1 is 1.38 bits per heavy atom. The molecule has 3 aliphatic carbocycles. The number of aldehydes is 1. The van der Waals surface area contributed by atoms with E-state index in [-0.39, 0.29) is 0 Å². The third kappa shape index (κ3) is 1.00. The van der Waals surface area contributed by atoms with E-state index in [4.69, 9.17) is 0 Å². The highest BCUT2D eigenvalue weighted by atomic mass is 16.1. The molecular formula is C15H22O. The van der Waals surface area contributed by atoms with Crippen LogP contribution in [-0.4, -0.2) is 6.29 Å². The van der Waals surface area contributed by atoms with Crippen LogP contribution in [-0.2, 0) is 4.79 Å². The minimum Gasteiger partial charge on any atom is -0.298 e. The minimum atomic E-state index is 0.341. The van der Waals surface area contributed by atoms with Crippen LogP contribution in [0.2, 0.25) is 0 Å². The number of allylic oxidation sites excluding steroid dienone is 2. The van der Waals surface area contributed by atoms with E-state index in [0.29, 0.717) is 16.7 Å². The van der Waals surface area contributed by atoms with Crippen molar-refractivity contribution >= 4 is 6.29 Å². The summed E-state index contributed by atoms with van der Waals surface area (Å²) in [4.78, 5) is 11.2. The molecule has 0 N–H and O–H groups in total. The van der Waals surface area contributed by atoms with Gasteiger partial charge >= 0.3 is 0 Å². The zero-order chi connectivity index (χ0) is 11.6. The first-order valence-corrected chi connectivity index (χ1v) is 6.67. The average Bonchev–Trinajstić information content (AvgIpc) is 2.65. The van der Waals surface area contributed by atoms with E-state index >= 15 is 0 Å². The maximum atomic E-state index is 11.2. The molecule has 3 rings (SSSR count). The van der Waals surface area contributed by atoms with E-state index < -0.39 is 0 Å². The lowest BCUT2D eigenvalue weighted by molar-refractivity contribution is -0.105. The second-order valence-electron chi connectivity index (χ2n) is 6.87. The molecule has 2 fully saturated rings. The van der Waals surface area contributed by atoms with Gasteiger partial charge in [0.2, 0.25) is 0 Å². The fourth-order valence-electron chi connectivity index (χ4n) is 5.23. The normalized spacial score (nSPS) is 48.7. The van der Waals surface area contributed by atoms with Crippen LogP contribution in [0.5, 0.6) is 0 Å². The summed E-state index contributed by atoms with van der Waals surface area (Å²) in [5.41, 5.74) is 1.98. The number of carbonyl (C=O) groups excluding carboxylic acids is 1. The van der Waals surface area contributed by atoms with E-state index in [2.05, 4.69) is 26.8 Å². The molecule has 3 aliphatic rings. The van der Waals surface area contributed by atoms with Crippen molar-refractivity contribution < 1.29 is 4.79 Å². The highest BCUT2D eigenvalue weighted by molar-refractivity contribution is 5.75. The molecule has 0 aromatic rings. The number of rotatable bonds is 1. The molecule has 0 aromatic heterocycles. The van der Waals surface area contributed by atoms with Gasteiger partial charge in [-0.25, -0.2) is 0 Å². The summed E-state index contributed by atoms with van der Waals surface area (Å²) in [5.74, 6) is 2.23. The van der Waals surface area contributed by atoms with Crippen molar-refractivity contribution in [3.05, 3.63) is 11.6 Å². The number of hydrogen-bond acceptors (Lipinski definition) is 1. The van der Waals surface area contributed by atoms with Crippen molar-refractivity contribution in [3.8, 4) is 0 Å². The third-order valence-electron chi connectivity index (χ3n) is 6.20. The van der Waals surface area contributed by atoms with E-state index in [1.165, 1.54) is 19.3 Å². The Kier molecular flexibility index (Phi) is 1.98. The summed E-state index contributed by atoms with van der Waals surface area (Å²) in [7, 11) is 0. The summed E-state index contributed by atoms with van der Waals surface area (Å²) in [6.07, 6.45) is 8.58. The van der Waals surface area contributed by atoms with Crippen LogP contribution in [0.4, 0.5) is 0 Å². The Morgan fingerprint density at radius 3 is 2.81 bits per heavy atom. The first-order valence-electron chi connectivity index (χ1n) is 6.67. The maximum absolute atomic E-state index is 11.2. The predicted octanol–water partition coefficient (Wildman–Crippen LogP) is 3.59. The van der Waals surface area contributed by atoms with Gasteiger partial charge in [0.25, 0.3) is 0 Å². The van der Waals surface area contributed by atoms with Crippen molar-refractivity contribution in [2.45, 2.75) is 46.5 Å². The maximum Gasteiger partial charge on any atom is 0.146 e.